The minimum Gasteiger partial charge on any atom is -0.369 e. The maximum atomic E-state index is 13.1. The lowest BCUT2D eigenvalue weighted by Crippen LogP contribution is -2.46. The monoisotopic (exact) mass is 399 g/mol. The first-order chi connectivity index (χ1) is 13.6. The number of carbonyl (C=O) groups is 1. The molecule has 148 valence electrons. The van der Waals surface area contributed by atoms with Gasteiger partial charge in [0, 0.05) is 36.8 Å². The highest BCUT2D eigenvalue weighted by molar-refractivity contribution is 8.01. The fraction of sp³-hybridized carbons (Fsp3) is 0.409. The summed E-state index contributed by atoms with van der Waals surface area (Å²) in [6.07, 6.45) is 1.91. The zero-order valence-corrected chi connectivity index (χ0v) is 17.0. The van der Waals surface area contributed by atoms with E-state index in [-0.39, 0.29) is 17.0 Å². The number of halogens is 1. The topological polar surface area (TPSA) is 35.6 Å². The second-order valence-electron chi connectivity index (χ2n) is 7.54. The van der Waals surface area contributed by atoms with E-state index in [0.29, 0.717) is 0 Å². The summed E-state index contributed by atoms with van der Waals surface area (Å²) in [5.74, 6) is -0.0627. The lowest BCUT2D eigenvalue weighted by atomic mass is 10.1. The number of rotatable bonds is 5. The van der Waals surface area contributed by atoms with Crippen molar-refractivity contribution in [3.05, 3.63) is 53.8 Å². The number of piperazine rings is 1. The highest BCUT2D eigenvalue weighted by Gasteiger charge is 2.27. The molecule has 1 saturated heterocycles. The number of benzene rings is 2. The number of hydrogen-bond acceptors (Lipinski definition) is 4. The normalized spacial score (nSPS) is 20.0. The lowest BCUT2D eigenvalue weighted by Gasteiger charge is -2.36. The zero-order chi connectivity index (χ0) is 19.5. The van der Waals surface area contributed by atoms with Gasteiger partial charge in [-0.05, 0) is 68.3 Å². The molecule has 4 rings (SSSR count). The van der Waals surface area contributed by atoms with E-state index in [1.807, 2.05) is 24.3 Å². The van der Waals surface area contributed by atoms with Gasteiger partial charge in [0.1, 0.15) is 5.82 Å². The van der Waals surface area contributed by atoms with Crippen molar-refractivity contribution >= 4 is 29.0 Å². The largest absolute Gasteiger partial charge is 0.369 e. The van der Waals surface area contributed by atoms with E-state index in [0.717, 1.165) is 56.9 Å². The highest BCUT2D eigenvalue weighted by Crippen LogP contribution is 2.37. The molecule has 0 spiro atoms. The molecule has 1 fully saturated rings. The van der Waals surface area contributed by atoms with Gasteiger partial charge in [0.25, 0.3) is 0 Å². The Balaban J connectivity index is 1.23. The first-order valence-electron chi connectivity index (χ1n) is 9.89. The number of amides is 1. The van der Waals surface area contributed by atoms with Gasteiger partial charge in [0.15, 0.2) is 0 Å². The van der Waals surface area contributed by atoms with Crippen LogP contribution in [-0.2, 0) is 4.79 Å². The minimum atomic E-state index is -0.190. The first-order valence-corrected chi connectivity index (χ1v) is 10.8. The van der Waals surface area contributed by atoms with E-state index in [2.05, 4.69) is 28.1 Å². The second kappa shape index (κ2) is 8.53. The Hall–Kier alpha value is -2.05. The molecule has 4 nitrogen and oxygen atoms in total. The van der Waals surface area contributed by atoms with Crippen molar-refractivity contribution < 1.29 is 9.18 Å². The third kappa shape index (κ3) is 4.50. The number of nitrogens with one attached hydrogen (secondary N) is 1. The number of thioether (sulfide) groups is 1. The molecule has 2 heterocycles. The maximum Gasteiger partial charge on any atom is 0.237 e. The second-order valence-corrected chi connectivity index (χ2v) is 8.79. The summed E-state index contributed by atoms with van der Waals surface area (Å²) in [6, 6.07) is 12.9. The summed E-state index contributed by atoms with van der Waals surface area (Å²) in [7, 11) is 0. The van der Waals surface area contributed by atoms with Crippen molar-refractivity contribution in [2.75, 3.05) is 42.9 Å². The molecule has 0 saturated carbocycles. The molecule has 6 heteroatoms. The molecule has 2 aromatic rings. The first kappa shape index (κ1) is 19.3. The van der Waals surface area contributed by atoms with Crippen molar-refractivity contribution in [2.45, 2.75) is 29.9 Å². The van der Waals surface area contributed by atoms with Gasteiger partial charge >= 0.3 is 0 Å². The summed E-state index contributed by atoms with van der Waals surface area (Å²) >= 11 is 1.70. The highest BCUT2D eigenvalue weighted by atomic mass is 32.2. The van der Waals surface area contributed by atoms with E-state index in [4.69, 9.17) is 0 Å². The van der Waals surface area contributed by atoms with Crippen LogP contribution in [-0.4, -0.2) is 48.8 Å². The summed E-state index contributed by atoms with van der Waals surface area (Å²) in [5, 5.41) is 3.04. The van der Waals surface area contributed by atoms with Crippen molar-refractivity contribution in [1.29, 1.82) is 0 Å². The predicted molar refractivity (Wildman–Crippen MR) is 114 cm³/mol. The summed E-state index contributed by atoms with van der Waals surface area (Å²) in [4.78, 5) is 18.3. The van der Waals surface area contributed by atoms with Gasteiger partial charge in [0.2, 0.25) is 5.91 Å². The van der Waals surface area contributed by atoms with Crippen LogP contribution in [0, 0.1) is 12.7 Å². The number of hydrogen-bond donors (Lipinski definition) is 1. The van der Waals surface area contributed by atoms with Gasteiger partial charge in [-0.25, -0.2) is 4.39 Å². The molecule has 1 unspecified atom stereocenters. The van der Waals surface area contributed by atoms with Crippen LogP contribution in [0.25, 0.3) is 0 Å². The lowest BCUT2D eigenvalue weighted by molar-refractivity contribution is -0.115. The molecule has 0 aromatic heterocycles. The average Bonchev–Trinajstić information content (AvgIpc) is 2.70. The molecule has 1 N–H and O–H groups in total. The number of carbonyl (C=O) groups excluding carboxylic acids is 1. The van der Waals surface area contributed by atoms with Crippen molar-refractivity contribution in [3.8, 4) is 0 Å². The smallest absolute Gasteiger partial charge is 0.237 e. The van der Waals surface area contributed by atoms with E-state index < -0.39 is 0 Å². The molecule has 1 amide bonds. The fourth-order valence-electron chi connectivity index (χ4n) is 3.82. The minimum absolute atomic E-state index is 0.00481. The van der Waals surface area contributed by atoms with Gasteiger partial charge in [-0.1, -0.05) is 6.07 Å². The van der Waals surface area contributed by atoms with Crippen LogP contribution < -0.4 is 10.2 Å². The third-order valence-electron chi connectivity index (χ3n) is 5.46. The van der Waals surface area contributed by atoms with Crippen LogP contribution in [0.4, 0.5) is 15.8 Å². The number of aryl methyl sites for hydroxylation is 1. The van der Waals surface area contributed by atoms with E-state index >= 15 is 0 Å². The standard InChI is InChI=1S/C22H26FN3OS/c1-16-4-9-19-21(15-16)28-20(22(27)24-19)3-2-10-25-11-13-26(14-12-25)18-7-5-17(23)6-8-18/h4-9,15,20H,2-3,10-14H2,1H3,(H,24,27). The quantitative estimate of drug-likeness (QED) is 0.819. The molecule has 0 radical (unpaired) electrons. The van der Waals surface area contributed by atoms with Gasteiger partial charge in [0.05, 0.1) is 10.9 Å². The molecule has 28 heavy (non-hydrogen) atoms. The molecule has 0 aliphatic carbocycles. The van der Waals surface area contributed by atoms with Crippen LogP contribution in [0.15, 0.2) is 47.4 Å². The van der Waals surface area contributed by atoms with Gasteiger partial charge in [-0.15, -0.1) is 11.8 Å². The molecule has 1 atom stereocenters. The van der Waals surface area contributed by atoms with Crippen LogP contribution >= 0.6 is 11.8 Å². The fourth-order valence-corrected chi connectivity index (χ4v) is 5.08. The van der Waals surface area contributed by atoms with Crippen molar-refractivity contribution in [1.82, 2.24) is 4.90 Å². The van der Waals surface area contributed by atoms with Gasteiger partial charge in [-0.2, -0.15) is 0 Å². The van der Waals surface area contributed by atoms with Gasteiger partial charge < -0.3 is 10.2 Å². The Labute approximate surface area is 170 Å². The summed E-state index contributed by atoms with van der Waals surface area (Å²) in [5.41, 5.74) is 3.25. The zero-order valence-electron chi connectivity index (χ0n) is 16.2. The molecule has 2 aromatic carbocycles. The van der Waals surface area contributed by atoms with Crippen LogP contribution in [0.1, 0.15) is 18.4 Å². The number of anilines is 2. The van der Waals surface area contributed by atoms with Crippen LogP contribution in [0.2, 0.25) is 0 Å². The summed E-state index contributed by atoms with van der Waals surface area (Å²) < 4.78 is 13.1. The van der Waals surface area contributed by atoms with E-state index in [1.165, 1.54) is 22.6 Å². The predicted octanol–water partition coefficient (Wildman–Crippen LogP) is 4.15. The Kier molecular flexibility index (Phi) is 5.87. The maximum absolute atomic E-state index is 13.1. The SMILES string of the molecule is Cc1ccc2c(c1)SC(CCCN1CCN(c3ccc(F)cc3)CC1)C(=O)N2. The third-order valence-corrected chi connectivity index (χ3v) is 6.79. The Morgan fingerprint density at radius 3 is 2.61 bits per heavy atom. The number of fused-ring (bicyclic) bond motifs is 1. The van der Waals surface area contributed by atoms with Gasteiger partial charge in [-0.3, -0.25) is 9.69 Å². The van der Waals surface area contributed by atoms with E-state index in [9.17, 15) is 9.18 Å². The molecular weight excluding hydrogens is 373 g/mol. The van der Waals surface area contributed by atoms with Crippen LogP contribution in [0.3, 0.4) is 0 Å². The van der Waals surface area contributed by atoms with Crippen molar-refractivity contribution in [3.63, 3.8) is 0 Å². The molecule has 2 aliphatic rings. The number of nitrogens with zero attached hydrogens (tertiary/aromatic N) is 2. The summed E-state index contributed by atoms with van der Waals surface area (Å²) in [6.45, 7) is 7.01. The van der Waals surface area contributed by atoms with E-state index in [1.54, 1.807) is 11.8 Å². The molecular formula is C22H26FN3OS. The Morgan fingerprint density at radius 2 is 1.86 bits per heavy atom. The Bertz CT molecular complexity index is 834. The van der Waals surface area contributed by atoms with Crippen molar-refractivity contribution in [2.24, 2.45) is 0 Å². The average molecular weight is 400 g/mol. The Morgan fingerprint density at radius 1 is 1.11 bits per heavy atom. The van der Waals surface area contributed by atoms with Crippen LogP contribution in [0.5, 0.6) is 0 Å². The molecule has 0 bridgehead atoms. The molecule has 2 aliphatic heterocycles.